The van der Waals surface area contributed by atoms with Gasteiger partial charge in [-0.1, -0.05) is 18.2 Å². The van der Waals surface area contributed by atoms with Crippen LogP contribution in [0, 0.1) is 0 Å². The molecule has 1 aromatic heterocycles. The standard InChI is InChI=1S/C17H23N5/c1-14(2)20-16-12-17(19-13-18-16)22-10-8-21(9-11-22)15-6-4-3-5-7-15/h3-7,12-14H,8-11H2,1-2H3,(H,18,19,20). The van der Waals surface area contributed by atoms with Gasteiger partial charge in [0.05, 0.1) is 0 Å². The molecule has 116 valence electrons. The summed E-state index contributed by atoms with van der Waals surface area (Å²) in [5, 5.41) is 3.33. The summed E-state index contributed by atoms with van der Waals surface area (Å²) in [6, 6.07) is 13.0. The lowest BCUT2D eigenvalue weighted by molar-refractivity contribution is 0.647. The fourth-order valence-corrected chi connectivity index (χ4v) is 2.73. The van der Waals surface area contributed by atoms with Gasteiger partial charge in [0.2, 0.25) is 0 Å². The Hall–Kier alpha value is -2.30. The molecule has 1 fully saturated rings. The number of rotatable bonds is 4. The molecule has 1 aliphatic heterocycles. The van der Waals surface area contributed by atoms with E-state index in [1.165, 1.54) is 5.69 Å². The van der Waals surface area contributed by atoms with Gasteiger partial charge in [0.25, 0.3) is 0 Å². The molecule has 0 radical (unpaired) electrons. The normalized spacial score (nSPS) is 15.2. The van der Waals surface area contributed by atoms with Gasteiger partial charge < -0.3 is 15.1 Å². The summed E-state index contributed by atoms with van der Waals surface area (Å²) in [6.45, 7) is 8.21. The Balaban J connectivity index is 1.64. The summed E-state index contributed by atoms with van der Waals surface area (Å²) in [5.41, 5.74) is 1.30. The lowest BCUT2D eigenvalue weighted by atomic mass is 10.2. The van der Waals surface area contributed by atoms with Crippen LogP contribution in [0.1, 0.15) is 13.8 Å². The van der Waals surface area contributed by atoms with E-state index in [0.29, 0.717) is 6.04 Å². The summed E-state index contributed by atoms with van der Waals surface area (Å²) in [7, 11) is 0. The highest BCUT2D eigenvalue weighted by molar-refractivity contribution is 5.52. The van der Waals surface area contributed by atoms with Crippen LogP contribution in [-0.4, -0.2) is 42.2 Å². The van der Waals surface area contributed by atoms with Crippen molar-refractivity contribution in [1.29, 1.82) is 0 Å². The monoisotopic (exact) mass is 297 g/mol. The number of nitrogens with one attached hydrogen (secondary N) is 1. The second-order valence-electron chi connectivity index (χ2n) is 5.87. The Labute approximate surface area is 132 Å². The van der Waals surface area contributed by atoms with Crippen molar-refractivity contribution in [2.24, 2.45) is 0 Å². The van der Waals surface area contributed by atoms with Crippen molar-refractivity contribution in [2.75, 3.05) is 41.3 Å². The van der Waals surface area contributed by atoms with Crippen LogP contribution in [0.2, 0.25) is 0 Å². The summed E-state index contributed by atoms with van der Waals surface area (Å²) in [5.74, 6) is 1.90. The Kier molecular flexibility index (Phi) is 4.42. The number of piperazine rings is 1. The number of hydrogen-bond acceptors (Lipinski definition) is 5. The molecule has 0 spiro atoms. The van der Waals surface area contributed by atoms with E-state index in [1.54, 1.807) is 6.33 Å². The molecule has 1 aliphatic rings. The molecule has 5 heteroatoms. The summed E-state index contributed by atoms with van der Waals surface area (Å²) in [6.07, 6.45) is 1.64. The molecule has 3 rings (SSSR count). The third kappa shape index (κ3) is 3.47. The van der Waals surface area contributed by atoms with Crippen LogP contribution in [-0.2, 0) is 0 Å². The van der Waals surface area contributed by atoms with Crippen molar-refractivity contribution in [3.8, 4) is 0 Å². The Bertz CT molecular complexity index is 591. The number of para-hydroxylation sites is 1. The van der Waals surface area contributed by atoms with Gasteiger partial charge in [-0.05, 0) is 26.0 Å². The molecule has 0 unspecified atom stereocenters. The minimum Gasteiger partial charge on any atom is -0.368 e. The summed E-state index contributed by atoms with van der Waals surface area (Å²) >= 11 is 0. The third-order valence-electron chi connectivity index (χ3n) is 3.81. The molecule has 0 atom stereocenters. The molecular weight excluding hydrogens is 274 g/mol. The predicted octanol–water partition coefficient (Wildman–Crippen LogP) is 2.62. The minimum absolute atomic E-state index is 0.373. The Morgan fingerprint density at radius 3 is 2.32 bits per heavy atom. The molecule has 0 amide bonds. The molecule has 5 nitrogen and oxygen atoms in total. The predicted molar refractivity (Wildman–Crippen MR) is 91.7 cm³/mol. The molecular formula is C17H23N5. The zero-order valence-corrected chi connectivity index (χ0v) is 13.2. The van der Waals surface area contributed by atoms with Crippen LogP contribution in [0.15, 0.2) is 42.7 Å². The van der Waals surface area contributed by atoms with Crippen LogP contribution in [0.25, 0.3) is 0 Å². The second-order valence-corrected chi connectivity index (χ2v) is 5.87. The smallest absolute Gasteiger partial charge is 0.134 e. The van der Waals surface area contributed by atoms with E-state index in [2.05, 4.69) is 69.3 Å². The van der Waals surface area contributed by atoms with Gasteiger partial charge in [-0.15, -0.1) is 0 Å². The fraction of sp³-hybridized carbons (Fsp3) is 0.412. The second kappa shape index (κ2) is 6.64. The molecule has 2 heterocycles. The van der Waals surface area contributed by atoms with E-state index in [-0.39, 0.29) is 0 Å². The lowest BCUT2D eigenvalue weighted by Crippen LogP contribution is -2.46. The van der Waals surface area contributed by atoms with E-state index < -0.39 is 0 Å². The van der Waals surface area contributed by atoms with E-state index in [9.17, 15) is 0 Å². The first-order valence-corrected chi connectivity index (χ1v) is 7.86. The SMILES string of the molecule is CC(C)Nc1cc(N2CCN(c3ccccc3)CC2)ncn1. The minimum atomic E-state index is 0.373. The molecule has 1 aromatic carbocycles. The molecule has 1 saturated heterocycles. The average molecular weight is 297 g/mol. The van der Waals surface area contributed by atoms with Crippen LogP contribution < -0.4 is 15.1 Å². The highest BCUT2D eigenvalue weighted by Gasteiger charge is 2.18. The van der Waals surface area contributed by atoms with Crippen molar-refractivity contribution < 1.29 is 0 Å². The highest BCUT2D eigenvalue weighted by Crippen LogP contribution is 2.20. The molecule has 22 heavy (non-hydrogen) atoms. The van der Waals surface area contributed by atoms with E-state index >= 15 is 0 Å². The first kappa shape index (κ1) is 14.6. The topological polar surface area (TPSA) is 44.3 Å². The number of hydrogen-bond donors (Lipinski definition) is 1. The van der Waals surface area contributed by atoms with Crippen LogP contribution in [0.4, 0.5) is 17.3 Å². The number of anilines is 3. The van der Waals surface area contributed by atoms with Crippen molar-refractivity contribution in [2.45, 2.75) is 19.9 Å². The van der Waals surface area contributed by atoms with Gasteiger partial charge in [0, 0.05) is 44.0 Å². The van der Waals surface area contributed by atoms with E-state index in [4.69, 9.17) is 0 Å². The largest absolute Gasteiger partial charge is 0.368 e. The van der Waals surface area contributed by atoms with Crippen molar-refractivity contribution in [3.63, 3.8) is 0 Å². The van der Waals surface area contributed by atoms with Gasteiger partial charge in [0.15, 0.2) is 0 Å². The summed E-state index contributed by atoms with van der Waals surface area (Å²) < 4.78 is 0. The summed E-state index contributed by atoms with van der Waals surface area (Å²) in [4.78, 5) is 13.4. The average Bonchev–Trinajstić information content (AvgIpc) is 2.55. The van der Waals surface area contributed by atoms with Gasteiger partial charge in [-0.2, -0.15) is 0 Å². The number of aromatic nitrogens is 2. The molecule has 0 aliphatic carbocycles. The maximum Gasteiger partial charge on any atom is 0.134 e. The van der Waals surface area contributed by atoms with E-state index in [1.807, 2.05) is 6.07 Å². The molecule has 0 bridgehead atoms. The fourth-order valence-electron chi connectivity index (χ4n) is 2.73. The Morgan fingerprint density at radius 2 is 1.64 bits per heavy atom. The first-order valence-electron chi connectivity index (χ1n) is 7.86. The van der Waals surface area contributed by atoms with Crippen LogP contribution in [0.3, 0.4) is 0 Å². The zero-order valence-electron chi connectivity index (χ0n) is 13.2. The van der Waals surface area contributed by atoms with Crippen molar-refractivity contribution in [1.82, 2.24) is 9.97 Å². The van der Waals surface area contributed by atoms with E-state index in [0.717, 1.165) is 37.8 Å². The Morgan fingerprint density at radius 1 is 0.955 bits per heavy atom. The van der Waals surface area contributed by atoms with Crippen LogP contribution in [0.5, 0.6) is 0 Å². The molecule has 2 aromatic rings. The van der Waals surface area contributed by atoms with Gasteiger partial charge in [0.1, 0.15) is 18.0 Å². The van der Waals surface area contributed by atoms with Gasteiger partial charge in [-0.25, -0.2) is 9.97 Å². The maximum absolute atomic E-state index is 4.42. The third-order valence-corrected chi connectivity index (χ3v) is 3.81. The number of benzene rings is 1. The van der Waals surface area contributed by atoms with Gasteiger partial charge >= 0.3 is 0 Å². The lowest BCUT2D eigenvalue weighted by Gasteiger charge is -2.36. The number of nitrogens with zero attached hydrogens (tertiary/aromatic N) is 4. The van der Waals surface area contributed by atoms with Gasteiger partial charge in [-0.3, -0.25) is 0 Å². The highest BCUT2D eigenvalue weighted by atomic mass is 15.3. The molecule has 0 saturated carbocycles. The maximum atomic E-state index is 4.42. The van der Waals surface area contributed by atoms with Crippen molar-refractivity contribution in [3.05, 3.63) is 42.7 Å². The van der Waals surface area contributed by atoms with Crippen LogP contribution >= 0.6 is 0 Å². The first-order chi connectivity index (χ1) is 10.7. The van der Waals surface area contributed by atoms with Crippen molar-refractivity contribution >= 4 is 17.3 Å². The zero-order chi connectivity index (χ0) is 15.4. The molecule has 1 N–H and O–H groups in total. The quantitative estimate of drug-likeness (QED) is 0.940.